The van der Waals surface area contributed by atoms with Crippen LogP contribution in [0.5, 0.6) is 0 Å². The Morgan fingerprint density at radius 2 is 2.09 bits per heavy atom. The summed E-state index contributed by atoms with van der Waals surface area (Å²) in [6.45, 7) is 10.3. The second-order valence-electron chi connectivity index (χ2n) is 6.02. The minimum atomic E-state index is -0.425. The molecule has 0 spiro atoms. The van der Waals surface area contributed by atoms with E-state index in [1.54, 1.807) is 0 Å². The van der Waals surface area contributed by atoms with Gasteiger partial charge in [0.1, 0.15) is 5.82 Å². The molecule has 2 rings (SSSR count). The molecule has 6 heteroatoms. The molecule has 0 aliphatic carbocycles. The molecule has 1 fully saturated rings. The number of nitrogens with two attached hydrogens (primary N) is 1. The van der Waals surface area contributed by atoms with E-state index in [0.29, 0.717) is 17.4 Å². The van der Waals surface area contributed by atoms with Gasteiger partial charge in [-0.25, -0.2) is 4.98 Å². The molecule has 1 aliphatic rings. The summed E-state index contributed by atoms with van der Waals surface area (Å²) >= 11 is 0. The summed E-state index contributed by atoms with van der Waals surface area (Å²) in [5.74, 6) is 0.246. The van der Waals surface area contributed by atoms with Gasteiger partial charge < -0.3 is 15.4 Å². The minimum Gasteiger partial charge on any atom is -0.379 e. The zero-order chi connectivity index (χ0) is 16.3. The molecule has 6 nitrogen and oxygen atoms in total. The lowest BCUT2D eigenvalue weighted by Crippen LogP contribution is -2.47. The molecule has 122 valence electrons. The van der Waals surface area contributed by atoms with Crippen molar-refractivity contribution in [1.82, 2.24) is 9.88 Å². The molecule has 2 N–H and O–H groups in total. The van der Waals surface area contributed by atoms with E-state index in [1.807, 2.05) is 31.9 Å². The zero-order valence-electron chi connectivity index (χ0n) is 13.9. The lowest BCUT2D eigenvalue weighted by Gasteiger charge is -2.35. The summed E-state index contributed by atoms with van der Waals surface area (Å²) in [5.41, 5.74) is 7.83. The fourth-order valence-electron chi connectivity index (χ4n) is 3.01. The van der Waals surface area contributed by atoms with Crippen LogP contribution in [0.4, 0.5) is 5.82 Å². The highest BCUT2D eigenvalue weighted by molar-refractivity contribution is 5.99. The average molecular weight is 306 g/mol. The van der Waals surface area contributed by atoms with E-state index in [1.165, 1.54) is 0 Å². The second kappa shape index (κ2) is 7.07. The van der Waals surface area contributed by atoms with E-state index in [0.717, 1.165) is 44.1 Å². The number of aromatic nitrogens is 1. The summed E-state index contributed by atoms with van der Waals surface area (Å²) in [7, 11) is 1.96. The van der Waals surface area contributed by atoms with Gasteiger partial charge in [0, 0.05) is 38.4 Å². The lowest BCUT2D eigenvalue weighted by atomic mass is 10.1. The van der Waals surface area contributed by atoms with Gasteiger partial charge in [-0.3, -0.25) is 9.69 Å². The number of nitrogens with zero attached hydrogens (tertiary/aromatic N) is 3. The number of likely N-dealkylation sites (N-methyl/N-ethyl adjacent to an activating group) is 1. The van der Waals surface area contributed by atoms with Crippen molar-refractivity contribution in [3.8, 4) is 0 Å². The van der Waals surface area contributed by atoms with Gasteiger partial charge in [-0.2, -0.15) is 0 Å². The predicted octanol–water partition coefficient (Wildman–Crippen LogP) is 0.954. The third-order valence-corrected chi connectivity index (χ3v) is 4.14. The molecule has 1 aromatic heterocycles. The number of morpholine rings is 1. The van der Waals surface area contributed by atoms with Gasteiger partial charge in [-0.1, -0.05) is 0 Å². The SMILES string of the molecule is Cc1cc(C)c(C(N)=O)c(N(C)C[C@H](C)N2CCOCC2)n1. The summed E-state index contributed by atoms with van der Waals surface area (Å²) in [5, 5.41) is 0. The van der Waals surface area contributed by atoms with E-state index >= 15 is 0 Å². The largest absolute Gasteiger partial charge is 0.379 e. The highest BCUT2D eigenvalue weighted by atomic mass is 16.5. The van der Waals surface area contributed by atoms with Crippen molar-refractivity contribution in [3.05, 3.63) is 22.9 Å². The summed E-state index contributed by atoms with van der Waals surface area (Å²) < 4.78 is 5.39. The maximum absolute atomic E-state index is 11.8. The van der Waals surface area contributed by atoms with Gasteiger partial charge in [-0.15, -0.1) is 0 Å². The molecule has 1 aliphatic heterocycles. The third kappa shape index (κ3) is 3.75. The van der Waals surface area contributed by atoms with Crippen LogP contribution in [-0.2, 0) is 4.74 Å². The zero-order valence-corrected chi connectivity index (χ0v) is 13.9. The first-order chi connectivity index (χ1) is 10.4. The molecule has 1 saturated heterocycles. The van der Waals surface area contributed by atoms with E-state index in [2.05, 4.69) is 16.8 Å². The number of ether oxygens (including phenoxy) is 1. The molecule has 0 aromatic carbocycles. The van der Waals surface area contributed by atoms with E-state index in [-0.39, 0.29) is 0 Å². The van der Waals surface area contributed by atoms with Crippen molar-refractivity contribution in [1.29, 1.82) is 0 Å². The van der Waals surface area contributed by atoms with Crippen molar-refractivity contribution in [2.45, 2.75) is 26.8 Å². The average Bonchev–Trinajstić information content (AvgIpc) is 2.46. The van der Waals surface area contributed by atoms with Crippen molar-refractivity contribution >= 4 is 11.7 Å². The van der Waals surface area contributed by atoms with Gasteiger partial charge in [0.05, 0.1) is 18.8 Å². The summed E-state index contributed by atoms with van der Waals surface area (Å²) in [4.78, 5) is 20.7. The number of rotatable bonds is 5. The maximum atomic E-state index is 11.8. The number of hydrogen-bond donors (Lipinski definition) is 1. The number of carbonyl (C=O) groups is 1. The van der Waals surface area contributed by atoms with Gasteiger partial charge >= 0.3 is 0 Å². The molecule has 1 aromatic rings. The number of carbonyl (C=O) groups excluding carboxylic acids is 1. The van der Waals surface area contributed by atoms with Crippen LogP contribution in [0.15, 0.2) is 6.07 Å². The van der Waals surface area contributed by atoms with Crippen LogP contribution < -0.4 is 10.6 Å². The summed E-state index contributed by atoms with van der Waals surface area (Å²) in [6, 6.07) is 2.25. The Labute approximate surface area is 132 Å². The lowest BCUT2D eigenvalue weighted by molar-refractivity contribution is 0.0217. The van der Waals surface area contributed by atoms with Crippen molar-refractivity contribution in [2.24, 2.45) is 5.73 Å². The van der Waals surface area contributed by atoms with Crippen molar-refractivity contribution in [3.63, 3.8) is 0 Å². The van der Waals surface area contributed by atoms with E-state index in [9.17, 15) is 4.79 Å². The normalized spacial score (nSPS) is 17.3. The fraction of sp³-hybridized carbons (Fsp3) is 0.625. The maximum Gasteiger partial charge on any atom is 0.252 e. The Morgan fingerprint density at radius 3 is 2.68 bits per heavy atom. The van der Waals surface area contributed by atoms with Gasteiger partial charge in [0.25, 0.3) is 5.91 Å². The van der Waals surface area contributed by atoms with Crippen molar-refractivity contribution in [2.75, 3.05) is 44.8 Å². The first-order valence-corrected chi connectivity index (χ1v) is 7.71. The van der Waals surface area contributed by atoms with Crippen molar-refractivity contribution < 1.29 is 9.53 Å². The third-order valence-electron chi connectivity index (χ3n) is 4.14. The van der Waals surface area contributed by atoms with E-state index in [4.69, 9.17) is 10.5 Å². The number of hydrogen-bond acceptors (Lipinski definition) is 5. The quantitative estimate of drug-likeness (QED) is 0.877. The van der Waals surface area contributed by atoms with Gasteiger partial charge in [0.15, 0.2) is 0 Å². The smallest absolute Gasteiger partial charge is 0.252 e. The first-order valence-electron chi connectivity index (χ1n) is 7.71. The minimum absolute atomic E-state index is 0.359. The molecule has 1 amide bonds. The molecule has 1 atom stereocenters. The molecule has 0 bridgehead atoms. The molecule has 22 heavy (non-hydrogen) atoms. The number of aryl methyl sites for hydroxylation is 2. The van der Waals surface area contributed by atoms with Crippen LogP contribution >= 0.6 is 0 Å². The molecule has 0 radical (unpaired) electrons. The molecular formula is C16H26N4O2. The van der Waals surface area contributed by atoms with Crippen LogP contribution in [0, 0.1) is 13.8 Å². The van der Waals surface area contributed by atoms with E-state index < -0.39 is 5.91 Å². The fourth-order valence-corrected chi connectivity index (χ4v) is 3.01. The topological polar surface area (TPSA) is 71.7 Å². The highest BCUT2D eigenvalue weighted by Gasteiger charge is 2.22. The van der Waals surface area contributed by atoms with Gasteiger partial charge in [-0.05, 0) is 32.4 Å². The molecule has 0 unspecified atom stereocenters. The molecule has 2 heterocycles. The number of anilines is 1. The Kier molecular flexibility index (Phi) is 5.37. The monoisotopic (exact) mass is 306 g/mol. The van der Waals surface area contributed by atoms with Crippen LogP contribution in [0.3, 0.4) is 0 Å². The van der Waals surface area contributed by atoms with Crippen LogP contribution in [0.25, 0.3) is 0 Å². The summed E-state index contributed by atoms with van der Waals surface area (Å²) in [6.07, 6.45) is 0. The Balaban J connectivity index is 2.18. The molecular weight excluding hydrogens is 280 g/mol. The Bertz CT molecular complexity index is 541. The van der Waals surface area contributed by atoms with Crippen LogP contribution in [0.1, 0.15) is 28.5 Å². The highest BCUT2D eigenvalue weighted by Crippen LogP contribution is 2.22. The van der Waals surface area contributed by atoms with Gasteiger partial charge in [0.2, 0.25) is 0 Å². The number of pyridine rings is 1. The number of primary amides is 1. The second-order valence-corrected chi connectivity index (χ2v) is 6.02. The number of amides is 1. The predicted molar refractivity (Wildman–Crippen MR) is 87.4 cm³/mol. The standard InChI is InChI=1S/C16H26N4O2/c1-11-9-12(2)18-16(14(11)15(17)21)19(4)10-13(3)20-5-7-22-8-6-20/h9,13H,5-8,10H2,1-4H3,(H2,17,21)/t13-/m0/s1. The van der Waals surface area contributed by atoms with Crippen LogP contribution in [-0.4, -0.2) is 61.7 Å². The Morgan fingerprint density at radius 1 is 1.45 bits per heavy atom. The van der Waals surface area contributed by atoms with Crippen LogP contribution in [0.2, 0.25) is 0 Å². The molecule has 0 saturated carbocycles. The Hall–Kier alpha value is -1.66. The first kappa shape index (κ1) is 16.7.